The number of hydrogen-bond acceptors (Lipinski definition) is 3. The number of benzene rings is 4. The van der Waals surface area contributed by atoms with Crippen molar-refractivity contribution >= 4 is 60.9 Å². The highest BCUT2D eigenvalue weighted by Gasteiger charge is 2.49. The smallest absolute Gasteiger partial charge is 0.262 e. The Morgan fingerprint density at radius 2 is 1.41 bits per heavy atom. The first kappa shape index (κ1) is 35.6. The van der Waals surface area contributed by atoms with Gasteiger partial charge in [0.2, 0.25) is 0 Å². The molecule has 54 heavy (non-hydrogen) atoms. The Balaban J connectivity index is 1.44. The summed E-state index contributed by atoms with van der Waals surface area (Å²) in [6.07, 6.45) is 4.79. The fourth-order valence-electron chi connectivity index (χ4n) is 9.73. The average molecular weight is 727 g/mol. The molecule has 2 aromatic heterocycles. The molecule has 4 heterocycles. The van der Waals surface area contributed by atoms with E-state index >= 15 is 0 Å². The van der Waals surface area contributed by atoms with E-state index in [-0.39, 0.29) is 28.4 Å². The van der Waals surface area contributed by atoms with Crippen LogP contribution in [0.15, 0.2) is 84.9 Å². The molecule has 0 bridgehead atoms. The second-order valence-electron chi connectivity index (χ2n) is 19.9. The van der Waals surface area contributed by atoms with E-state index in [0.717, 1.165) is 18.5 Å². The molecular formula is C50H55BN2S. The Bertz CT molecular complexity index is 2480. The maximum atomic E-state index is 5.84. The number of aromatic nitrogens is 1. The minimum absolute atomic E-state index is 0.0279. The van der Waals surface area contributed by atoms with Crippen LogP contribution in [0.3, 0.4) is 0 Å². The molecule has 2 nitrogen and oxygen atoms in total. The largest absolute Gasteiger partial charge is 0.310 e. The van der Waals surface area contributed by atoms with Crippen molar-refractivity contribution in [3.05, 3.63) is 124 Å². The average Bonchev–Trinajstić information content (AvgIpc) is 3.50. The fraction of sp³-hybridized carbons (Fsp3) is 0.380. The van der Waals surface area contributed by atoms with Crippen molar-refractivity contribution in [3.63, 3.8) is 0 Å². The van der Waals surface area contributed by atoms with Gasteiger partial charge in [-0.15, -0.1) is 11.3 Å². The van der Waals surface area contributed by atoms with E-state index < -0.39 is 0 Å². The second-order valence-corrected chi connectivity index (χ2v) is 21.0. The standard InChI is InChI=1S/C50H55BN2S/c1-47(2,3)31-22-25-33(26-23-31)53-40-29-39(35-19-14-17-30-16-12-13-18-34(30)35)52-45-43(40)51(38-28-32(48(4,5)6)24-27-36(38)50(45,10)11)46-44(53)42-37(49(7,8)9)20-15-21-41(42)54-46/h14-15,17,19-29H,12-13,16,18H2,1-11H3. The van der Waals surface area contributed by atoms with Gasteiger partial charge in [-0.2, -0.15) is 0 Å². The second kappa shape index (κ2) is 11.9. The molecule has 0 fully saturated rings. The lowest BCUT2D eigenvalue weighted by atomic mass is 9.32. The fourth-order valence-corrected chi connectivity index (χ4v) is 11.1. The zero-order valence-electron chi connectivity index (χ0n) is 34.3. The molecule has 0 radical (unpaired) electrons. The molecule has 0 unspecified atom stereocenters. The van der Waals surface area contributed by atoms with Crippen LogP contribution in [0.1, 0.15) is 128 Å². The van der Waals surface area contributed by atoms with E-state index in [1.54, 1.807) is 0 Å². The van der Waals surface area contributed by atoms with E-state index in [0.29, 0.717) is 0 Å². The van der Waals surface area contributed by atoms with Crippen LogP contribution in [-0.2, 0) is 34.5 Å². The summed E-state index contributed by atoms with van der Waals surface area (Å²) in [5.41, 5.74) is 18.7. The normalized spacial score (nSPS) is 16.2. The van der Waals surface area contributed by atoms with Crippen molar-refractivity contribution in [2.75, 3.05) is 4.90 Å². The summed E-state index contributed by atoms with van der Waals surface area (Å²) in [6.45, 7) is 26.0. The maximum absolute atomic E-state index is 5.84. The van der Waals surface area contributed by atoms with Gasteiger partial charge in [0.05, 0.1) is 11.4 Å². The van der Waals surface area contributed by atoms with Crippen molar-refractivity contribution in [1.82, 2.24) is 4.98 Å². The Hall–Kier alpha value is -4.15. The quantitative estimate of drug-likeness (QED) is 0.165. The van der Waals surface area contributed by atoms with Crippen molar-refractivity contribution < 1.29 is 0 Å². The molecule has 4 aromatic carbocycles. The van der Waals surface area contributed by atoms with Gasteiger partial charge in [-0.3, -0.25) is 4.98 Å². The minimum Gasteiger partial charge on any atom is -0.310 e. The Labute approximate surface area is 328 Å². The number of fused-ring (bicyclic) bond motifs is 7. The minimum atomic E-state index is -0.288. The first-order valence-corrected chi connectivity index (χ1v) is 21.0. The van der Waals surface area contributed by atoms with Gasteiger partial charge in [-0.25, -0.2) is 0 Å². The maximum Gasteiger partial charge on any atom is 0.262 e. The monoisotopic (exact) mass is 726 g/mol. The van der Waals surface area contributed by atoms with Crippen LogP contribution in [0.2, 0.25) is 0 Å². The van der Waals surface area contributed by atoms with Gasteiger partial charge in [-0.05, 0) is 105 Å². The Morgan fingerprint density at radius 3 is 2.11 bits per heavy atom. The summed E-state index contributed by atoms with van der Waals surface area (Å²) in [7, 11) is 0. The molecular weight excluding hydrogens is 671 g/mol. The molecule has 9 rings (SSSR count). The highest BCUT2D eigenvalue weighted by molar-refractivity contribution is 7.33. The van der Waals surface area contributed by atoms with Gasteiger partial charge in [0.25, 0.3) is 6.71 Å². The van der Waals surface area contributed by atoms with Crippen molar-refractivity contribution in [2.24, 2.45) is 0 Å². The molecule has 4 heteroatoms. The zero-order valence-corrected chi connectivity index (χ0v) is 35.1. The lowest BCUT2D eigenvalue weighted by molar-refractivity contribution is 0.586. The molecule has 274 valence electrons. The summed E-state index contributed by atoms with van der Waals surface area (Å²) in [6, 6.07) is 33.3. The number of hydrogen-bond donors (Lipinski definition) is 0. The molecule has 2 aliphatic heterocycles. The van der Waals surface area contributed by atoms with Crippen LogP contribution in [-0.4, -0.2) is 11.7 Å². The predicted octanol–water partition coefficient (Wildman–Crippen LogP) is 11.7. The molecule has 0 spiro atoms. The number of thiophene rings is 1. The highest BCUT2D eigenvalue weighted by atomic mass is 32.1. The number of aryl methyl sites for hydroxylation is 1. The zero-order chi connectivity index (χ0) is 38.1. The van der Waals surface area contributed by atoms with Crippen LogP contribution < -0.4 is 20.6 Å². The lowest BCUT2D eigenvalue weighted by Crippen LogP contribution is -2.64. The SMILES string of the molecule is CC(C)(C)c1ccc(N2c3cc(-c4cccc5c4CCCC5)nc4c3B(c3cc(C(C)(C)C)ccc3C4(C)C)c3sc4cccc(C(C)(C)C)c4c32)cc1. The highest BCUT2D eigenvalue weighted by Crippen LogP contribution is 2.50. The molecule has 0 saturated carbocycles. The number of nitrogens with zero attached hydrogens (tertiary/aromatic N) is 2. The van der Waals surface area contributed by atoms with Crippen LogP contribution >= 0.6 is 11.3 Å². The first-order valence-electron chi connectivity index (χ1n) is 20.2. The third-order valence-electron chi connectivity index (χ3n) is 12.7. The molecule has 0 amide bonds. The molecule has 0 atom stereocenters. The number of pyridine rings is 1. The Morgan fingerprint density at radius 1 is 0.722 bits per heavy atom. The summed E-state index contributed by atoms with van der Waals surface area (Å²) >= 11 is 2.00. The predicted molar refractivity (Wildman–Crippen MR) is 236 cm³/mol. The molecule has 1 aliphatic carbocycles. The van der Waals surface area contributed by atoms with Crippen molar-refractivity contribution in [3.8, 4) is 11.3 Å². The van der Waals surface area contributed by atoms with Gasteiger partial charge >= 0.3 is 0 Å². The van der Waals surface area contributed by atoms with E-state index in [1.165, 1.54) is 100 Å². The van der Waals surface area contributed by atoms with Crippen molar-refractivity contribution in [1.29, 1.82) is 0 Å². The Kier molecular flexibility index (Phi) is 7.85. The molecule has 6 aromatic rings. The molecule has 3 aliphatic rings. The summed E-state index contributed by atoms with van der Waals surface area (Å²) in [5.74, 6) is 0. The van der Waals surface area contributed by atoms with Gasteiger partial charge in [0.1, 0.15) is 0 Å². The van der Waals surface area contributed by atoms with Crippen LogP contribution in [0.4, 0.5) is 17.1 Å². The van der Waals surface area contributed by atoms with E-state index in [2.05, 4.69) is 166 Å². The van der Waals surface area contributed by atoms with Gasteiger partial charge in [-0.1, -0.05) is 142 Å². The van der Waals surface area contributed by atoms with Crippen LogP contribution in [0.25, 0.3) is 21.3 Å². The molecule has 0 N–H and O–H groups in total. The topological polar surface area (TPSA) is 16.1 Å². The first-order chi connectivity index (χ1) is 25.4. The summed E-state index contributed by atoms with van der Waals surface area (Å²) < 4.78 is 2.80. The summed E-state index contributed by atoms with van der Waals surface area (Å²) in [4.78, 5) is 8.50. The van der Waals surface area contributed by atoms with Gasteiger partial charge in [0, 0.05) is 42.9 Å². The van der Waals surface area contributed by atoms with Crippen LogP contribution in [0.5, 0.6) is 0 Å². The van der Waals surface area contributed by atoms with E-state index in [1.807, 2.05) is 11.3 Å². The van der Waals surface area contributed by atoms with E-state index in [4.69, 9.17) is 4.98 Å². The van der Waals surface area contributed by atoms with Crippen molar-refractivity contribution in [2.45, 2.75) is 124 Å². The number of rotatable bonds is 2. The lowest BCUT2D eigenvalue weighted by Gasteiger charge is -2.44. The number of anilines is 3. The molecule has 0 saturated heterocycles. The van der Waals surface area contributed by atoms with Gasteiger partial charge < -0.3 is 4.90 Å². The summed E-state index contributed by atoms with van der Waals surface area (Å²) in [5, 5.41) is 1.39. The van der Waals surface area contributed by atoms with E-state index in [9.17, 15) is 0 Å². The third kappa shape index (κ3) is 5.37. The van der Waals surface area contributed by atoms with Gasteiger partial charge in [0.15, 0.2) is 0 Å². The van der Waals surface area contributed by atoms with Crippen LogP contribution in [0, 0.1) is 0 Å². The third-order valence-corrected chi connectivity index (χ3v) is 13.9.